The third-order valence-electron chi connectivity index (χ3n) is 9.97. The normalized spacial score (nSPS) is 11.0. The van der Waals surface area contributed by atoms with Gasteiger partial charge >= 0.3 is 109 Å². The molecule has 4 aromatic heterocycles. The van der Waals surface area contributed by atoms with Crippen molar-refractivity contribution in [3.05, 3.63) is 184 Å². The number of aromatic nitrogens is 6. The molecule has 384 valence electrons. The zero-order valence-electron chi connectivity index (χ0n) is 44.4. The molecule has 0 fully saturated rings. The molecule has 0 spiro atoms. The molecule has 0 saturated carbocycles. The first-order chi connectivity index (χ1) is 35.1. The van der Waals surface area contributed by atoms with Crippen molar-refractivity contribution in [2.24, 2.45) is 0 Å². The molecule has 0 aliphatic rings. The number of nitrogens with one attached hydrogen (secondary N) is 1. The number of H-pyrrole nitrogens is 1. The summed E-state index contributed by atoms with van der Waals surface area (Å²) in [5.74, 6) is 3.18. The Morgan fingerprint density at radius 3 is 1.61 bits per heavy atom. The quantitative estimate of drug-likeness (QED) is 0.0321. The number of carbonyl (C=O) groups excluding carboxylic acids is 1. The van der Waals surface area contributed by atoms with E-state index in [1.165, 1.54) is 17.7 Å². The van der Waals surface area contributed by atoms with Crippen LogP contribution in [0.15, 0.2) is 152 Å². The molecule has 0 aliphatic carbocycles. The van der Waals surface area contributed by atoms with Crippen molar-refractivity contribution in [1.29, 1.82) is 0 Å². The number of aliphatic hydroxyl groups is 2. The molecular formula is C54H57BrFK2N6O11+. The molecule has 4 aromatic carbocycles. The number of hydrogen-bond acceptors (Lipinski definition) is 15. The predicted molar refractivity (Wildman–Crippen MR) is 275 cm³/mol. The van der Waals surface area contributed by atoms with E-state index < -0.39 is 17.7 Å². The van der Waals surface area contributed by atoms with Crippen LogP contribution in [-0.2, 0) is 37.6 Å². The molecule has 21 heteroatoms. The van der Waals surface area contributed by atoms with Gasteiger partial charge in [-0.15, -0.1) is 0 Å². The Balaban J connectivity index is 0.000000303. The molecule has 0 atom stereocenters. The molecule has 0 saturated heterocycles. The van der Waals surface area contributed by atoms with Crippen LogP contribution in [0.2, 0.25) is 0 Å². The predicted octanol–water partition coefficient (Wildman–Crippen LogP) is 4.50. The number of halogens is 2. The number of aromatic amines is 1. The summed E-state index contributed by atoms with van der Waals surface area (Å²) in [7, 11) is 0. The third-order valence-corrected chi connectivity index (χ3v) is 10.6. The summed E-state index contributed by atoms with van der Waals surface area (Å²) in [5, 5.41) is 28.8. The summed E-state index contributed by atoms with van der Waals surface area (Å²) in [6.45, 7) is 15.0. The number of ether oxygens (including phenoxy) is 2. The zero-order valence-corrected chi connectivity index (χ0v) is 51.2. The van der Waals surface area contributed by atoms with Gasteiger partial charge in [0.15, 0.2) is 1.37 Å². The van der Waals surface area contributed by atoms with Gasteiger partial charge in [-0.25, -0.2) is 0 Å². The van der Waals surface area contributed by atoms with Crippen LogP contribution in [0.3, 0.4) is 0 Å². The molecule has 8 rings (SSSR count). The van der Waals surface area contributed by atoms with Gasteiger partial charge in [-0.2, -0.15) is 9.97 Å². The molecule has 0 unspecified atom stereocenters. The fraction of sp³-hybridized carbons (Fsp3) is 0.259. The maximum absolute atomic E-state index is 12.5. The van der Waals surface area contributed by atoms with Gasteiger partial charge in [-0.1, -0.05) is 74.8 Å². The summed E-state index contributed by atoms with van der Waals surface area (Å²) >= 11 is 3.38. The van der Waals surface area contributed by atoms with E-state index in [1.807, 2.05) is 125 Å². The second kappa shape index (κ2) is 31.8. The van der Waals surface area contributed by atoms with Crippen molar-refractivity contribution in [1.82, 2.24) is 29.8 Å². The average molecular weight is 1140 g/mol. The van der Waals surface area contributed by atoms with Crippen LogP contribution in [-0.4, -0.2) is 58.7 Å². The second-order valence-corrected chi connectivity index (χ2v) is 18.1. The molecule has 0 amide bonds. The Bertz CT molecular complexity index is 3140. The number of benzene rings is 4. The summed E-state index contributed by atoms with van der Waals surface area (Å²) in [4.78, 5) is 50.8. The van der Waals surface area contributed by atoms with Gasteiger partial charge in [0.25, 0.3) is 17.3 Å². The molecular weight excluding hydrogens is 1090 g/mol. The number of nitrogens with zero attached hydrogens (tertiary/aromatic N) is 5. The molecule has 0 bridgehead atoms. The van der Waals surface area contributed by atoms with Crippen molar-refractivity contribution in [2.45, 2.75) is 90.7 Å². The Morgan fingerprint density at radius 1 is 0.720 bits per heavy atom. The van der Waals surface area contributed by atoms with Crippen LogP contribution < -0.4 is 123 Å². The van der Waals surface area contributed by atoms with Gasteiger partial charge in [0.2, 0.25) is 17.2 Å². The van der Waals surface area contributed by atoms with Crippen LogP contribution in [0, 0.1) is 6.86 Å². The fourth-order valence-electron chi connectivity index (χ4n) is 6.47. The monoisotopic (exact) mass is 1140 g/mol. The van der Waals surface area contributed by atoms with Crippen LogP contribution in [0.4, 0.5) is 4.39 Å². The average Bonchev–Trinajstić information content (AvgIpc) is 4.07. The molecule has 3 N–H and O–H groups in total. The maximum Gasteiger partial charge on any atom is 1.00 e. The van der Waals surface area contributed by atoms with E-state index in [2.05, 4.69) is 51.0 Å². The smallest absolute Gasteiger partial charge is 0.491 e. The van der Waals surface area contributed by atoms with Gasteiger partial charge in [0.05, 0.1) is 30.0 Å². The van der Waals surface area contributed by atoms with Crippen LogP contribution in [0.5, 0.6) is 11.5 Å². The van der Waals surface area contributed by atoms with Crippen LogP contribution >= 0.6 is 15.9 Å². The van der Waals surface area contributed by atoms with Gasteiger partial charge in [0, 0.05) is 52.1 Å². The number of carbonyl (C=O) groups is 1. The van der Waals surface area contributed by atoms with Crippen molar-refractivity contribution < 1.29 is 152 Å². The Kier molecular flexibility index (Phi) is 26.8. The van der Waals surface area contributed by atoms with E-state index in [0.717, 1.165) is 44.6 Å². The summed E-state index contributed by atoms with van der Waals surface area (Å²) < 4.78 is 40.1. The molecule has 75 heavy (non-hydrogen) atoms. The summed E-state index contributed by atoms with van der Waals surface area (Å²) in [5.41, 5.74) is 4.78. The van der Waals surface area contributed by atoms with Gasteiger partial charge < -0.3 is 52.4 Å². The first-order valence-corrected chi connectivity index (χ1v) is 23.8. The minimum atomic E-state index is -1.44. The first-order valence-electron chi connectivity index (χ1n) is 23.2. The van der Waals surface area contributed by atoms with E-state index in [9.17, 15) is 29.0 Å². The molecule has 4 heterocycles. The van der Waals surface area contributed by atoms with E-state index in [-0.39, 0.29) is 133 Å². The third kappa shape index (κ3) is 21.6. The first kappa shape index (κ1) is 63.2. The topological polar surface area (TPSA) is 227 Å². The SMILES string of the molecule is CC(C)(O)c1cccc(CBr)c1.CC(C)Oc1ccc(-c2nc(-c3ccc(=O)[nH]c3)no2)cc1.CC(C)Oc1ccc(-c2nc(-c3ccc(=O)n(Cc4cccc(C(C)(C)O)c4)c3)no2)cc1.[2H]C(=O)OO[CH-]F.[K+].[K+]. The number of rotatable bonds is 15. The number of hydrogen-bond donors (Lipinski definition) is 3. The maximum atomic E-state index is 12.5. The Hall–Kier alpha value is -4.31. The van der Waals surface area contributed by atoms with E-state index >= 15 is 0 Å². The largest absolute Gasteiger partial charge is 1.00 e. The van der Waals surface area contributed by atoms with E-state index in [0.29, 0.717) is 41.1 Å². The Labute approximate surface area is 528 Å². The molecule has 0 radical (unpaired) electrons. The van der Waals surface area contributed by atoms with Crippen molar-refractivity contribution in [3.8, 4) is 57.2 Å². The second-order valence-electron chi connectivity index (χ2n) is 17.6. The number of pyridine rings is 2. The van der Waals surface area contributed by atoms with Crippen molar-refractivity contribution >= 4 is 22.4 Å². The van der Waals surface area contributed by atoms with Gasteiger partial charge in [0.1, 0.15) is 11.5 Å². The number of alkyl halides is 1. The van der Waals surface area contributed by atoms with Crippen LogP contribution in [0.25, 0.3) is 45.7 Å². The molecule has 17 nitrogen and oxygen atoms in total. The fourth-order valence-corrected chi connectivity index (χ4v) is 6.82. The summed E-state index contributed by atoms with van der Waals surface area (Å²) in [6.07, 6.45) is 2.05. The molecule has 0 aliphatic heterocycles. The van der Waals surface area contributed by atoms with Crippen LogP contribution in [0.1, 0.15) is 79.0 Å². The van der Waals surface area contributed by atoms with Gasteiger partial charge in [-0.3, -0.25) is 14.4 Å². The molecule has 8 aromatic rings. The van der Waals surface area contributed by atoms with Crippen molar-refractivity contribution in [2.75, 3.05) is 0 Å². The minimum absolute atomic E-state index is 0. The zero-order chi connectivity index (χ0) is 54.0. The van der Waals surface area contributed by atoms with Crippen molar-refractivity contribution in [3.63, 3.8) is 0 Å². The van der Waals surface area contributed by atoms with Gasteiger partial charge in [-0.05, 0) is 145 Å². The van der Waals surface area contributed by atoms with E-state index in [4.69, 9.17) is 19.9 Å². The minimum Gasteiger partial charge on any atom is -0.491 e. The standard InChI is InChI=1S/C26H27N3O4.C16H15N3O3.C10H13BrO.C2H2FO3.2K/c1-17(2)32-22-11-8-19(9-12-22)25-27-24(28-33-25)20-10-13-23(30)29(16-20)15-18-6-5-7-21(14-18)26(3,4)31;1-10(2)21-13-6-3-11(4-7-13)16-18-15(19-22-16)12-5-8-14(20)17-9-12;1-10(2,12)9-5-3-4-8(6-9)7-11;3-1-5-6-2-4;;/h5-14,16-17,31H,15H2,1-4H3;3-10H,1-2H3,(H,17,20);3-6,12H,7H2,1-2H3;1-2H;;/q;;;-1;2*+1/i;;;2D;;. The summed E-state index contributed by atoms with van der Waals surface area (Å²) in [6, 6.07) is 36.6. The van der Waals surface area contributed by atoms with E-state index in [1.54, 1.807) is 56.8 Å². The Morgan fingerprint density at radius 2 is 1.19 bits per heavy atom.